The predicted molar refractivity (Wildman–Crippen MR) is 119 cm³/mol. The fourth-order valence-corrected chi connectivity index (χ4v) is 6.12. The first-order valence-corrected chi connectivity index (χ1v) is 11.7. The summed E-state index contributed by atoms with van der Waals surface area (Å²) in [5.74, 6) is 1.11. The van der Waals surface area contributed by atoms with Crippen LogP contribution >= 0.6 is 0 Å². The van der Waals surface area contributed by atoms with Crippen LogP contribution in [0.4, 0.5) is 0 Å². The van der Waals surface area contributed by atoms with E-state index in [0.717, 1.165) is 56.6 Å². The Morgan fingerprint density at radius 3 is 2.68 bits per heavy atom. The Labute approximate surface area is 184 Å². The van der Waals surface area contributed by atoms with E-state index in [1.54, 1.807) is 0 Å². The van der Waals surface area contributed by atoms with E-state index in [1.807, 2.05) is 30.8 Å². The predicted octanol–water partition coefficient (Wildman–Crippen LogP) is 3.30. The second-order valence-electron chi connectivity index (χ2n) is 9.47. The minimum atomic E-state index is 0.0981. The van der Waals surface area contributed by atoms with Crippen molar-refractivity contribution in [2.45, 2.75) is 64.6 Å². The van der Waals surface area contributed by atoms with Gasteiger partial charge >= 0.3 is 0 Å². The third kappa shape index (κ3) is 3.66. The highest BCUT2D eigenvalue weighted by molar-refractivity contribution is 5.95. The molecule has 0 aliphatic carbocycles. The maximum Gasteiger partial charge on any atom is 0.257 e. The number of amides is 2. The Bertz CT molecular complexity index is 969. The molecule has 4 atom stereocenters. The van der Waals surface area contributed by atoms with Gasteiger partial charge in [-0.25, -0.2) is 0 Å². The molecule has 0 saturated carbocycles. The third-order valence-corrected chi connectivity index (χ3v) is 7.57. The molecule has 1 aromatic carbocycles. The monoisotopic (exact) mass is 420 g/mol. The van der Waals surface area contributed by atoms with Gasteiger partial charge in [-0.3, -0.25) is 14.3 Å². The van der Waals surface area contributed by atoms with Crippen molar-refractivity contribution in [2.75, 3.05) is 13.1 Å². The second-order valence-corrected chi connectivity index (χ2v) is 9.47. The van der Waals surface area contributed by atoms with Gasteiger partial charge in [-0.1, -0.05) is 30.3 Å². The Morgan fingerprint density at radius 2 is 1.94 bits per heavy atom. The van der Waals surface area contributed by atoms with Crippen LogP contribution in [0, 0.1) is 18.8 Å². The molecule has 1 aromatic heterocycles. The fraction of sp³-hybridized carbons (Fsp3) is 0.560. The zero-order valence-corrected chi connectivity index (χ0v) is 18.5. The van der Waals surface area contributed by atoms with Gasteiger partial charge in [-0.15, -0.1) is 0 Å². The van der Waals surface area contributed by atoms with Crippen LogP contribution in [-0.2, 0) is 17.8 Å². The standard InChI is InChI=1S/C25H32N4O2/c1-3-28-16-21(17(2)26-28)25(31)27-14-19-13-20(15-27)23(12-18-8-5-4-6-9-18)29-22(19)10-7-11-24(29)30/h4-6,8-9,16,19-20,22-23H,3,7,10-15H2,1-2H3/t19-,20+,22+,23+/m1/s1. The first kappa shape index (κ1) is 20.3. The van der Waals surface area contributed by atoms with Crippen LogP contribution in [0.15, 0.2) is 36.5 Å². The van der Waals surface area contributed by atoms with Gasteiger partial charge in [0.25, 0.3) is 5.91 Å². The van der Waals surface area contributed by atoms with Crippen LogP contribution in [0.1, 0.15) is 54.2 Å². The van der Waals surface area contributed by atoms with E-state index in [1.165, 1.54) is 5.56 Å². The number of carbonyl (C=O) groups is 2. The summed E-state index contributed by atoms with van der Waals surface area (Å²) in [5, 5.41) is 4.48. The maximum atomic E-state index is 13.5. The van der Waals surface area contributed by atoms with E-state index in [0.29, 0.717) is 24.2 Å². The molecule has 31 heavy (non-hydrogen) atoms. The van der Waals surface area contributed by atoms with E-state index in [-0.39, 0.29) is 18.0 Å². The van der Waals surface area contributed by atoms with Crippen LogP contribution < -0.4 is 0 Å². The Hall–Kier alpha value is -2.63. The average Bonchev–Trinajstić information content (AvgIpc) is 3.17. The zero-order chi connectivity index (χ0) is 21.5. The lowest BCUT2D eigenvalue weighted by Gasteiger charge is -2.56. The first-order chi connectivity index (χ1) is 15.0. The summed E-state index contributed by atoms with van der Waals surface area (Å²) < 4.78 is 1.84. The summed E-state index contributed by atoms with van der Waals surface area (Å²) in [6.07, 6.45) is 6.57. The largest absolute Gasteiger partial charge is 0.338 e. The van der Waals surface area contributed by atoms with Gasteiger partial charge < -0.3 is 9.80 Å². The highest BCUT2D eigenvalue weighted by atomic mass is 16.2. The molecule has 6 heteroatoms. The van der Waals surface area contributed by atoms with Crippen molar-refractivity contribution >= 4 is 11.8 Å². The summed E-state index contributed by atoms with van der Waals surface area (Å²) in [4.78, 5) is 30.8. The normalized spacial score (nSPS) is 27.9. The van der Waals surface area contributed by atoms with Crippen molar-refractivity contribution in [1.29, 1.82) is 0 Å². The molecule has 0 N–H and O–H groups in total. The number of aryl methyl sites for hydroxylation is 2. The Morgan fingerprint density at radius 1 is 1.16 bits per heavy atom. The van der Waals surface area contributed by atoms with E-state index < -0.39 is 0 Å². The smallest absolute Gasteiger partial charge is 0.257 e. The number of rotatable bonds is 4. The van der Waals surface area contributed by atoms with Gasteiger partial charge in [-0.2, -0.15) is 5.10 Å². The number of aromatic nitrogens is 2. The van der Waals surface area contributed by atoms with Gasteiger partial charge in [0, 0.05) is 44.3 Å². The number of fused-ring (bicyclic) bond motifs is 4. The highest BCUT2D eigenvalue weighted by Crippen LogP contribution is 2.42. The molecule has 4 heterocycles. The molecule has 6 nitrogen and oxygen atoms in total. The number of likely N-dealkylation sites (tertiary alicyclic amines) is 1. The summed E-state index contributed by atoms with van der Waals surface area (Å²) in [5.41, 5.74) is 2.79. The van der Waals surface area contributed by atoms with Gasteiger partial charge in [0.15, 0.2) is 0 Å². The third-order valence-electron chi connectivity index (χ3n) is 7.57. The molecular formula is C25H32N4O2. The summed E-state index contributed by atoms with van der Waals surface area (Å²) in [7, 11) is 0. The number of benzene rings is 1. The molecule has 164 valence electrons. The van der Waals surface area contributed by atoms with Gasteiger partial charge in [0.1, 0.15) is 0 Å². The lowest BCUT2D eigenvalue weighted by atomic mass is 9.70. The van der Waals surface area contributed by atoms with Crippen molar-refractivity contribution in [3.63, 3.8) is 0 Å². The highest BCUT2D eigenvalue weighted by Gasteiger charge is 2.50. The summed E-state index contributed by atoms with van der Waals surface area (Å²) in [6, 6.07) is 10.9. The molecule has 0 spiro atoms. The van der Waals surface area contributed by atoms with E-state index >= 15 is 0 Å². The van der Waals surface area contributed by atoms with Crippen LogP contribution in [0.25, 0.3) is 0 Å². The fourth-order valence-electron chi connectivity index (χ4n) is 6.12. The molecule has 0 unspecified atom stereocenters. The zero-order valence-electron chi connectivity index (χ0n) is 18.5. The molecule has 3 aliphatic rings. The van der Waals surface area contributed by atoms with Crippen LogP contribution in [0.3, 0.4) is 0 Å². The maximum absolute atomic E-state index is 13.5. The molecule has 5 rings (SSSR count). The van der Waals surface area contributed by atoms with Crippen molar-refractivity contribution < 1.29 is 9.59 Å². The Balaban J connectivity index is 1.44. The van der Waals surface area contributed by atoms with Gasteiger partial charge in [0.05, 0.1) is 11.3 Å². The second kappa shape index (κ2) is 8.13. The van der Waals surface area contributed by atoms with E-state index in [9.17, 15) is 9.59 Å². The van der Waals surface area contributed by atoms with Crippen molar-refractivity contribution in [2.24, 2.45) is 11.8 Å². The van der Waals surface area contributed by atoms with Gasteiger partial charge in [0.2, 0.25) is 5.91 Å². The number of hydrogen-bond donors (Lipinski definition) is 0. The molecule has 2 aromatic rings. The summed E-state index contributed by atoms with van der Waals surface area (Å²) in [6.45, 7) is 6.19. The molecule has 2 amide bonds. The Kier molecular flexibility index (Phi) is 5.32. The van der Waals surface area contributed by atoms with E-state index in [4.69, 9.17) is 0 Å². The number of hydrogen-bond acceptors (Lipinski definition) is 3. The van der Waals surface area contributed by atoms with Gasteiger partial charge in [-0.05, 0) is 56.9 Å². The van der Waals surface area contributed by atoms with E-state index in [2.05, 4.69) is 39.2 Å². The molecular weight excluding hydrogens is 388 g/mol. The lowest BCUT2D eigenvalue weighted by Crippen LogP contribution is -2.66. The average molecular weight is 421 g/mol. The molecule has 3 fully saturated rings. The first-order valence-electron chi connectivity index (χ1n) is 11.7. The topological polar surface area (TPSA) is 58.4 Å². The molecule has 2 bridgehead atoms. The summed E-state index contributed by atoms with van der Waals surface area (Å²) >= 11 is 0. The number of piperidine rings is 3. The van der Waals surface area contributed by atoms with Crippen LogP contribution in [-0.4, -0.2) is 56.6 Å². The lowest BCUT2D eigenvalue weighted by molar-refractivity contribution is -0.151. The van der Waals surface area contributed by atoms with Crippen molar-refractivity contribution in [3.8, 4) is 0 Å². The van der Waals surface area contributed by atoms with Crippen molar-refractivity contribution in [3.05, 3.63) is 53.3 Å². The number of carbonyl (C=O) groups excluding carboxylic acids is 2. The quantitative estimate of drug-likeness (QED) is 0.763. The molecule has 0 radical (unpaired) electrons. The van der Waals surface area contributed by atoms with Crippen LogP contribution in [0.2, 0.25) is 0 Å². The number of nitrogens with zero attached hydrogens (tertiary/aromatic N) is 4. The minimum absolute atomic E-state index is 0.0981. The van der Waals surface area contributed by atoms with Crippen molar-refractivity contribution in [1.82, 2.24) is 19.6 Å². The minimum Gasteiger partial charge on any atom is -0.338 e. The van der Waals surface area contributed by atoms with Crippen LogP contribution in [0.5, 0.6) is 0 Å². The molecule has 3 saturated heterocycles. The SMILES string of the molecule is CCn1cc(C(=O)N2C[C@H]3C[C@@H](C2)[C@H](Cc2ccccc2)N2C(=O)CCC[C@@H]32)c(C)n1. The molecule has 3 aliphatic heterocycles.